The summed E-state index contributed by atoms with van der Waals surface area (Å²) < 4.78 is 12.9. The summed E-state index contributed by atoms with van der Waals surface area (Å²) in [7, 11) is 0. The topological polar surface area (TPSA) is 77.8 Å². The van der Waals surface area contributed by atoms with Gasteiger partial charge in [0.2, 0.25) is 0 Å². The lowest BCUT2D eigenvalue weighted by atomic mass is 10.0. The number of phenols is 2. The van der Waals surface area contributed by atoms with E-state index in [4.69, 9.17) is 15.3 Å². The maximum Gasteiger partial charge on any atom is 0.306 e. The van der Waals surface area contributed by atoms with Crippen LogP contribution in [-0.2, 0) is 11.2 Å². The zero-order chi connectivity index (χ0) is 11.6. The highest BCUT2D eigenvalue weighted by atomic mass is 19.1. The lowest BCUT2D eigenvalue weighted by Gasteiger charge is -2.07. The molecule has 0 bridgehead atoms. The highest BCUT2D eigenvalue weighted by molar-refractivity contribution is 5.70. The Hall–Kier alpha value is -1.78. The fourth-order valence-corrected chi connectivity index (χ4v) is 1.20. The molecule has 5 heteroatoms. The largest absolute Gasteiger partial charge is 0.504 e. The minimum absolute atomic E-state index is 0.0973. The Labute approximate surface area is 85.6 Å². The second kappa shape index (κ2) is 4.16. The van der Waals surface area contributed by atoms with Crippen LogP contribution in [0.15, 0.2) is 12.1 Å². The molecule has 1 unspecified atom stereocenters. The van der Waals surface area contributed by atoms with Crippen LogP contribution in [0.3, 0.4) is 0 Å². The number of hydrogen-bond donors (Lipinski definition) is 3. The van der Waals surface area contributed by atoms with Crippen molar-refractivity contribution in [1.29, 1.82) is 0 Å². The Morgan fingerprint density at radius 2 is 2.07 bits per heavy atom. The molecule has 82 valence electrons. The van der Waals surface area contributed by atoms with Gasteiger partial charge in [-0.25, -0.2) is 4.39 Å². The third kappa shape index (κ3) is 2.59. The molecule has 0 heterocycles. The van der Waals surface area contributed by atoms with Gasteiger partial charge in [0.1, 0.15) is 0 Å². The Bertz CT molecular complexity index is 366. The van der Waals surface area contributed by atoms with Crippen LogP contribution in [0.4, 0.5) is 4.39 Å². The fourth-order valence-electron chi connectivity index (χ4n) is 1.20. The summed E-state index contributed by atoms with van der Waals surface area (Å²) in [5.41, 5.74) is 0.331. The van der Waals surface area contributed by atoms with E-state index >= 15 is 0 Å². The van der Waals surface area contributed by atoms with E-state index < -0.39 is 29.2 Å². The third-order valence-corrected chi connectivity index (χ3v) is 2.07. The normalized spacial score (nSPS) is 12.4. The summed E-state index contributed by atoms with van der Waals surface area (Å²) in [6.45, 7) is 1.48. The van der Waals surface area contributed by atoms with Gasteiger partial charge >= 0.3 is 5.97 Å². The molecule has 0 spiro atoms. The zero-order valence-electron chi connectivity index (χ0n) is 8.07. The molecule has 0 amide bonds. The molecule has 15 heavy (non-hydrogen) atoms. The molecule has 4 nitrogen and oxygen atoms in total. The third-order valence-electron chi connectivity index (χ3n) is 2.07. The van der Waals surface area contributed by atoms with Gasteiger partial charge in [0.05, 0.1) is 5.92 Å². The van der Waals surface area contributed by atoms with E-state index in [1.165, 1.54) is 6.92 Å². The Kier molecular flexibility index (Phi) is 3.14. The van der Waals surface area contributed by atoms with E-state index in [2.05, 4.69) is 0 Å². The van der Waals surface area contributed by atoms with Crippen molar-refractivity contribution < 1.29 is 24.5 Å². The van der Waals surface area contributed by atoms with Crippen molar-refractivity contribution in [3.63, 3.8) is 0 Å². The van der Waals surface area contributed by atoms with E-state index in [-0.39, 0.29) is 6.42 Å². The van der Waals surface area contributed by atoms with Gasteiger partial charge in [-0.1, -0.05) is 6.92 Å². The van der Waals surface area contributed by atoms with Gasteiger partial charge < -0.3 is 15.3 Å². The second-order valence-corrected chi connectivity index (χ2v) is 3.39. The molecular weight excluding hydrogens is 203 g/mol. The Balaban J connectivity index is 2.92. The first kappa shape index (κ1) is 11.3. The standard InChI is InChI=1S/C10H11FO4/c1-5(10(14)15)2-6-3-7(11)9(13)8(12)4-6/h3-5,12-13H,2H2,1H3,(H,14,15). The molecule has 1 aromatic carbocycles. The lowest BCUT2D eigenvalue weighted by molar-refractivity contribution is -0.141. The predicted molar refractivity (Wildman–Crippen MR) is 50.2 cm³/mol. The smallest absolute Gasteiger partial charge is 0.306 e. The molecule has 0 aliphatic carbocycles. The quantitative estimate of drug-likeness (QED) is 0.666. The maximum absolute atomic E-state index is 12.9. The zero-order valence-corrected chi connectivity index (χ0v) is 8.07. The van der Waals surface area contributed by atoms with Crippen molar-refractivity contribution in [3.05, 3.63) is 23.5 Å². The molecule has 0 fully saturated rings. The van der Waals surface area contributed by atoms with Crippen LogP contribution >= 0.6 is 0 Å². The summed E-state index contributed by atoms with van der Waals surface area (Å²) in [5, 5.41) is 26.7. The number of phenolic OH excluding ortho intramolecular Hbond substituents is 2. The molecule has 0 aromatic heterocycles. The van der Waals surface area contributed by atoms with E-state index in [0.29, 0.717) is 5.56 Å². The van der Waals surface area contributed by atoms with Crippen LogP contribution < -0.4 is 0 Å². The highest BCUT2D eigenvalue weighted by Gasteiger charge is 2.15. The van der Waals surface area contributed by atoms with Gasteiger partial charge in [-0.15, -0.1) is 0 Å². The summed E-state index contributed by atoms with van der Waals surface area (Å²) >= 11 is 0. The number of hydrogen-bond acceptors (Lipinski definition) is 3. The number of rotatable bonds is 3. The average Bonchev–Trinajstić information content (AvgIpc) is 2.13. The van der Waals surface area contributed by atoms with Crippen LogP contribution in [0.5, 0.6) is 11.5 Å². The number of aromatic hydroxyl groups is 2. The molecule has 3 N–H and O–H groups in total. The molecular formula is C10H11FO4. The van der Waals surface area contributed by atoms with Crippen molar-refractivity contribution in [2.75, 3.05) is 0 Å². The number of carbonyl (C=O) groups is 1. The summed E-state index contributed by atoms with van der Waals surface area (Å²) in [4.78, 5) is 10.5. The average molecular weight is 214 g/mol. The number of halogens is 1. The van der Waals surface area contributed by atoms with Gasteiger partial charge in [-0.2, -0.15) is 0 Å². The molecule has 0 radical (unpaired) electrons. The van der Waals surface area contributed by atoms with Crippen LogP contribution in [-0.4, -0.2) is 21.3 Å². The molecule has 0 saturated carbocycles. The van der Waals surface area contributed by atoms with Crippen LogP contribution in [0, 0.1) is 11.7 Å². The van der Waals surface area contributed by atoms with E-state index in [9.17, 15) is 9.18 Å². The number of aliphatic carboxylic acids is 1. The lowest BCUT2D eigenvalue weighted by Crippen LogP contribution is -2.12. The molecule has 0 aliphatic rings. The molecule has 1 atom stereocenters. The molecule has 0 saturated heterocycles. The highest BCUT2D eigenvalue weighted by Crippen LogP contribution is 2.29. The Morgan fingerprint density at radius 1 is 1.47 bits per heavy atom. The van der Waals surface area contributed by atoms with Gasteiger partial charge in [-0.05, 0) is 24.1 Å². The van der Waals surface area contributed by atoms with E-state index in [0.717, 1.165) is 12.1 Å². The first-order valence-corrected chi connectivity index (χ1v) is 4.35. The summed E-state index contributed by atoms with van der Waals surface area (Å²) in [5.74, 6) is -4.02. The molecule has 1 aromatic rings. The minimum Gasteiger partial charge on any atom is -0.504 e. The number of carboxylic acid groups (broad SMARTS) is 1. The maximum atomic E-state index is 12.9. The van der Waals surface area contributed by atoms with Gasteiger partial charge in [0.25, 0.3) is 0 Å². The van der Waals surface area contributed by atoms with Crippen LogP contribution in [0.1, 0.15) is 12.5 Å². The van der Waals surface area contributed by atoms with Gasteiger partial charge in [0, 0.05) is 0 Å². The first-order valence-electron chi connectivity index (χ1n) is 4.35. The van der Waals surface area contributed by atoms with Crippen molar-refractivity contribution in [3.8, 4) is 11.5 Å². The number of benzene rings is 1. The van der Waals surface area contributed by atoms with Gasteiger partial charge in [0.15, 0.2) is 17.3 Å². The van der Waals surface area contributed by atoms with Crippen molar-refractivity contribution in [2.24, 2.45) is 5.92 Å². The molecule has 1 rings (SSSR count). The van der Waals surface area contributed by atoms with Crippen LogP contribution in [0.2, 0.25) is 0 Å². The fraction of sp³-hybridized carbons (Fsp3) is 0.300. The summed E-state index contributed by atoms with van der Waals surface area (Å²) in [6.07, 6.45) is 0.0973. The molecule has 0 aliphatic heterocycles. The monoisotopic (exact) mass is 214 g/mol. The number of carboxylic acids is 1. The SMILES string of the molecule is CC(Cc1cc(O)c(O)c(F)c1)C(=O)O. The van der Waals surface area contributed by atoms with Gasteiger partial charge in [-0.3, -0.25) is 4.79 Å². The first-order chi connectivity index (χ1) is 6.91. The second-order valence-electron chi connectivity index (χ2n) is 3.39. The summed E-state index contributed by atoms with van der Waals surface area (Å²) in [6, 6.07) is 2.16. The van der Waals surface area contributed by atoms with Crippen molar-refractivity contribution in [2.45, 2.75) is 13.3 Å². The van der Waals surface area contributed by atoms with Crippen LogP contribution in [0.25, 0.3) is 0 Å². The predicted octanol–water partition coefficient (Wildman–Crippen LogP) is 1.50. The Morgan fingerprint density at radius 3 is 2.53 bits per heavy atom. The van der Waals surface area contributed by atoms with E-state index in [1.807, 2.05) is 0 Å². The van der Waals surface area contributed by atoms with E-state index in [1.54, 1.807) is 0 Å². The minimum atomic E-state index is -0.997. The van der Waals surface area contributed by atoms with Crippen molar-refractivity contribution in [1.82, 2.24) is 0 Å². The van der Waals surface area contributed by atoms with Crippen molar-refractivity contribution >= 4 is 5.97 Å².